The van der Waals surface area contributed by atoms with Gasteiger partial charge in [0.2, 0.25) is 0 Å². The van der Waals surface area contributed by atoms with E-state index in [0.29, 0.717) is 18.6 Å². The number of ketones is 1. The van der Waals surface area contributed by atoms with Gasteiger partial charge in [0.1, 0.15) is 5.78 Å². The Bertz CT molecular complexity index is 412. The summed E-state index contributed by atoms with van der Waals surface area (Å²) in [5.41, 5.74) is 2.55. The molecule has 0 saturated carbocycles. The molecule has 0 amide bonds. The topological polar surface area (TPSA) is 17.1 Å². The van der Waals surface area contributed by atoms with Crippen LogP contribution in [0, 0.1) is 12.3 Å². The maximum absolute atomic E-state index is 11.8. The smallest absolute Gasteiger partial charge is 0.140 e. The van der Waals surface area contributed by atoms with Crippen molar-refractivity contribution in [2.24, 2.45) is 0 Å². The lowest BCUT2D eigenvalue weighted by Gasteiger charge is -2.28. The van der Waals surface area contributed by atoms with E-state index in [0.717, 1.165) is 12.8 Å². The lowest BCUT2D eigenvalue weighted by Crippen LogP contribution is -2.24. The van der Waals surface area contributed by atoms with E-state index in [2.05, 4.69) is 18.1 Å². The first-order chi connectivity index (χ1) is 7.33. The lowest BCUT2D eigenvalue weighted by molar-refractivity contribution is -0.121. The van der Waals surface area contributed by atoms with Gasteiger partial charge in [0, 0.05) is 18.8 Å². The van der Waals surface area contributed by atoms with Crippen LogP contribution in [0.25, 0.3) is 0 Å². The van der Waals surface area contributed by atoms with Gasteiger partial charge >= 0.3 is 0 Å². The van der Waals surface area contributed by atoms with Crippen LogP contribution in [0.1, 0.15) is 36.3 Å². The van der Waals surface area contributed by atoms with Crippen molar-refractivity contribution >= 4 is 5.78 Å². The van der Waals surface area contributed by atoms with Gasteiger partial charge in [0.15, 0.2) is 0 Å². The van der Waals surface area contributed by atoms with Crippen molar-refractivity contribution in [3.05, 3.63) is 35.4 Å². The Kier molecular flexibility index (Phi) is 2.87. The Labute approximate surface area is 90.5 Å². The van der Waals surface area contributed by atoms with Crippen LogP contribution in [0.4, 0.5) is 0 Å². The van der Waals surface area contributed by atoms with Gasteiger partial charge < -0.3 is 0 Å². The predicted molar refractivity (Wildman–Crippen MR) is 60.6 cm³/mol. The number of terminal acetylenes is 1. The molecular formula is C14H14O. The van der Waals surface area contributed by atoms with Gasteiger partial charge in [-0.25, -0.2) is 0 Å². The molecule has 0 fully saturated rings. The summed E-state index contributed by atoms with van der Waals surface area (Å²) in [5, 5.41) is 0. The van der Waals surface area contributed by atoms with Crippen molar-refractivity contribution in [3.63, 3.8) is 0 Å². The highest BCUT2D eigenvalue weighted by atomic mass is 16.1. The van der Waals surface area contributed by atoms with Crippen LogP contribution in [0.15, 0.2) is 24.3 Å². The fourth-order valence-corrected chi connectivity index (χ4v) is 2.08. The molecule has 2 rings (SSSR count). The van der Waals surface area contributed by atoms with E-state index in [1.165, 1.54) is 11.1 Å². The molecule has 0 heterocycles. The molecule has 0 spiro atoms. The summed E-state index contributed by atoms with van der Waals surface area (Å²) in [5.74, 6) is 3.07. The molecule has 1 aromatic carbocycles. The molecule has 15 heavy (non-hydrogen) atoms. The molecule has 0 aliphatic heterocycles. The first kappa shape index (κ1) is 9.98. The highest BCUT2D eigenvalue weighted by molar-refractivity contribution is 5.88. The summed E-state index contributed by atoms with van der Waals surface area (Å²) in [4.78, 5) is 11.8. The highest BCUT2D eigenvalue weighted by Gasteiger charge is 2.30. The van der Waals surface area contributed by atoms with Gasteiger partial charge in [-0.3, -0.25) is 4.79 Å². The summed E-state index contributed by atoms with van der Waals surface area (Å²) in [6.07, 6.45) is 8.24. The van der Waals surface area contributed by atoms with E-state index in [-0.39, 0.29) is 5.92 Å². The maximum Gasteiger partial charge on any atom is 0.140 e. The fraction of sp³-hybridized carbons (Fsp3) is 0.357. The average Bonchev–Trinajstić information content (AvgIpc) is 2.20. The molecule has 1 nitrogen and oxygen atoms in total. The number of hydrogen-bond acceptors (Lipinski definition) is 1. The number of carbonyl (C=O) groups excluding carboxylic acids is 1. The Morgan fingerprint density at radius 1 is 1.47 bits per heavy atom. The van der Waals surface area contributed by atoms with E-state index in [1.54, 1.807) is 0 Å². The third-order valence-electron chi connectivity index (χ3n) is 2.99. The first-order valence-corrected chi connectivity index (χ1v) is 5.37. The molecule has 0 N–H and O–H groups in total. The second kappa shape index (κ2) is 4.31. The maximum atomic E-state index is 11.8. The van der Waals surface area contributed by atoms with Crippen molar-refractivity contribution in [2.75, 3.05) is 0 Å². The largest absolute Gasteiger partial charge is 0.299 e. The van der Waals surface area contributed by atoms with Crippen molar-refractivity contribution in [2.45, 2.75) is 31.6 Å². The van der Waals surface area contributed by atoms with Crippen molar-refractivity contribution in [1.29, 1.82) is 0 Å². The second-order valence-electron chi connectivity index (χ2n) is 3.98. The van der Waals surface area contributed by atoms with Crippen LogP contribution in [0.2, 0.25) is 0 Å². The molecule has 0 aromatic heterocycles. The minimum atomic E-state index is 0.152. The number of rotatable bonds is 4. The quantitative estimate of drug-likeness (QED) is 0.537. The molecule has 0 radical (unpaired) electrons. The zero-order chi connectivity index (χ0) is 10.7. The summed E-state index contributed by atoms with van der Waals surface area (Å²) in [6.45, 7) is 0. The molecule has 1 heteroatoms. The molecule has 1 aliphatic rings. The highest BCUT2D eigenvalue weighted by Crippen LogP contribution is 2.36. The Hall–Kier alpha value is -1.55. The molecular weight excluding hydrogens is 184 g/mol. The Balaban J connectivity index is 1.93. The van der Waals surface area contributed by atoms with Gasteiger partial charge in [-0.2, -0.15) is 0 Å². The SMILES string of the molecule is C#CCCCC(=O)C1Cc2ccccc21. The van der Waals surface area contributed by atoms with Crippen LogP contribution in [-0.4, -0.2) is 5.78 Å². The van der Waals surface area contributed by atoms with Crippen LogP contribution >= 0.6 is 0 Å². The van der Waals surface area contributed by atoms with Crippen molar-refractivity contribution < 1.29 is 4.79 Å². The van der Waals surface area contributed by atoms with Crippen LogP contribution < -0.4 is 0 Å². The molecule has 1 atom stereocenters. The van der Waals surface area contributed by atoms with Crippen LogP contribution in [0.3, 0.4) is 0 Å². The van der Waals surface area contributed by atoms with Crippen molar-refractivity contribution in [1.82, 2.24) is 0 Å². The summed E-state index contributed by atoms with van der Waals surface area (Å²) >= 11 is 0. The van der Waals surface area contributed by atoms with Gasteiger partial charge in [-0.1, -0.05) is 24.3 Å². The number of hydrogen-bond donors (Lipinski definition) is 0. The molecule has 1 unspecified atom stereocenters. The Morgan fingerprint density at radius 3 is 3.00 bits per heavy atom. The molecule has 76 valence electrons. The third-order valence-corrected chi connectivity index (χ3v) is 2.99. The number of carbonyl (C=O) groups is 1. The van der Waals surface area contributed by atoms with Gasteiger partial charge in [0.25, 0.3) is 0 Å². The lowest BCUT2D eigenvalue weighted by atomic mass is 9.74. The molecule has 1 aliphatic carbocycles. The van der Waals surface area contributed by atoms with E-state index >= 15 is 0 Å². The minimum absolute atomic E-state index is 0.152. The summed E-state index contributed by atoms with van der Waals surface area (Å²) in [7, 11) is 0. The minimum Gasteiger partial charge on any atom is -0.299 e. The van der Waals surface area contributed by atoms with Gasteiger partial charge in [-0.15, -0.1) is 12.3 Å². The number of unbranched alkanes of at least 4 members (excludes halogenated alkanes) is 1. The van der Waals surface area contributed by atoms with E-state index in [9.17, 15) is 4.79 Å². The normalized spacial score (nSPS) is 17.4. The van der Waals surface area contributed by atoms with E-state index < -0.39 is 0 Å². The third kappa shape index (κ3) is 1.94. The average molecular weight is 198 g/mol. The second-order valence-corrected chi connectivity index (χ2v) is 3.98. The first-order valence-electron chi connectivity index (χ1n) is 5.37. The standard InChI is InChI=1S/C14H14O/c1-2-3-4-9-14(15)13-10-11-7-5-6-8-12(11)13/h1,5-8,13H,3-4,9-10H2. The zero-order valence-corrected chi connectivity index (χ0v) is 8.70. The molecule has 1 aromatic rings. The van der Waals surface area contributed by atoms with Gasteiger partial charge in [0.05, 0.1) is 0 Å². The molecule has 0 bridgehead atoms. The van der Waals surface area contributed by atoms with Crippen molar-refractivity contribution in [3.8, 4) is 12.3 Å². The number of Topliss-reactive ketones (excluding diaryl/α,β-unsaturated/α-hetero) is 1. The van der Waals surface area contributed by atoms with E-state index in [4.69, 9.17) is 6.42 Å². The summed E-state index contributed by atoms with van der Waals surface area (Å²) in [6, 6.07) is 8.18. The molecule has 0 saturated heterocycles. The van der Waals surface area contributed by atoms with Crippen LogP contribution in [-0.2, 0) is 11.2 Å². The fourth-order valence-electron chi connectivity index (χ4n) is 2.08. The van der Waals surface area contributed by atoms with E-state index in [1.807, 2.05) is 12.1 Å². The summed E-state index contributed by atoms with van der Waals surface area (Å²) < 4.78 is 0. The number of fused-ring (bicyclic) bond motifs is 1. The predicted octanol–water partition coefficient (Wildman–Crippen LogP) is 2.70. The zero-order valence-electron chi connectivity index (χ0n) is 8.70. The Morgan fingerprint density at radius 2 is 2.27 bits per heavy atom. The van der Waals surface area contributed by atoms with Crippen LogP contribution in [0.5, 0.6) is 0 Å². The number of benzene rings is 1. The van der Waals surface area contributed by atoms with Gasteiger partial charge in [-0.05, 0) is 24.0 Å². The monoisotopic (exact) mass is 198 g/mol.